The Bertz CT molecular complexity index is 655. The van der Waals surface area contributed by atoms with Crippen LogP contribution in [0.5, 0.6) is 11.5 Å². The van der Waals surface area contributed by atoms with Crippen molar-refractivity contribution in [2.24, 2.45) is 0 Å². The van der Waals surface area contributed by atoms with E-state index in [1.807, 2.05) is 13.0 Å². The topological polar surface area (TPSA) is 71.6 Å². The third kappa shape index (κ3) is 2.40. The van der Waals surface area contributed by atoms with E-state index in [-0.39, 0.29) is 0 Å². The van der Waals surface area contributed by atoms with Crippen molar-refractivity contribution in [1.82, 2.24) is 4.98 Å². The van der Waals surface area contributed by atoms with E-state index in [0.717, 1.165) is 28.2 Å². The Morgan fingerprint density at radius 3 is 2.63 bits per heavy atom. The first-order chi connectivity index (χ1) is 9.06. The van der Waals surface area contributed by atoms with Crippen molar-refractivity contribution in [3.8, 4) is 11.5 Å². The fourth-order valence-electron chi connectivity index (χ4n) is 2.07. The Morgan fingerprint density at radius 2 is 2.05 bits per heavy atom. The van der Waals surface area contributed by atoms with Crippen molar-refractivity contribution in [2.75, 3.05) is 14.2 Å². The molecule has 0 spiro atoms. The van der Waals surface area contributed by atoms with E-state index < -0.39 is 5.97 Å². The fraction of sp³-hybridized carbons (Fsp3) is 0.214. The summed E-state index contributed by atoms with van der Waals surface area (Å²) in [5, 5.41) is 9.58. The number of hydrogen-bond acceptors (Lipinski definition) is 3. The summed E-state index contributed by atoms with van der Waals surface area (Å²) in [5.74, 6) is 0.337. The summed E-state index contributed by atoms with van der Waals surface area (Å²) in [6.07, 6.45) is 2.67. The van der Waals surface area contributed by atoms with E-state index in [0.29, 0.717) is 11.5 Å². The minimum Gasteiger partial charge on any atom is -0.497 e. The Labute approximate surface area is 110 Å². The van der Waals surface area contributed by atoms with E-state index in [1.54, 1.807) is 26.4 Å². The quantitative estimate of drug-likeness (QED) is 0.830. The van der Waals surface area contributed by atoms with Crippen LogP contribution >= 0.6 is 0 Å². The Balaban J connectivity index is 2.70. The van der Waals surface area contributed by atoms with Crippen molar-refractivity contribution in [1.29, 1.82) is 0 Å². The molecule has 0 amide bonds. The molecule has 1 heterocycles. The molecule has 0 aliphatic heterocycles. The maximum absolute atomic E-state index is 10.6. The molecule has 19 heavy (non-hydrogen) atoms. The van der Waals surface area contributed by atoms with Crippen molar-refractivity contribution >= 4 is 22.9 Å². The Kier molecular flexibility index (Phi) is 3.46. The molecule has 2 aromatic rings. The molecule has 0 aliphatic rings. The Morgan fingerprint density at radius 1 is 1.32 bits per heavy atom. The maximum Gasteiger partial charge on any atom is 0.328 e. The number of hydrogen-bond donors (Lipinski definition) is 2. The zero-order valence-corrected chi connectivity index (χ0v) is 11.0. The van der Waals surface area contributed by atoms with Crippen LogP contribution in [-0.4, -0.2) is 30.3 Å². The van der Waals surface area contributed by atoms with Crippen LogP contribution in [0.15, 0.2) is 18.2 Å². The number of carboxylic acids is 1. The molecular weight excluding hydrogens is 246 g/mol. The summed E-state index contributed by atoms with van der Waals surface area (Å²) in [6.45, 7) is 1.88. The van der Waals surface area contributed by atoms with Crippen LogP contribution in [0, 0.1) is 6.92 Å². The number of methoxy groups -OCH3 is 2. The molecular formula is C14H15NO4. The molecule has 5 nitrogen and oxygen atoms in total. The molecule has 0 aliphatic carbocycles. The lowest BCUT2D eigenvalue weighted by atomic mass is 10.1. The van der Waals surface area contributed by atoms with Gasteiger partial charge in [-0.15, -0.1) is 0 Å². The first-order valence-electron chi connectivity index (χ1n) is 5.72. The second kappa shape index (κ2) is 5.06. The van der Waals surface area contributed by atoms with Gasteiger partial charge in [-0.05, 0) is 13.0 Å². The van der Waals surface area contributed by atoms with Gasteiger partial charge in [-0.25, -0.2) is 4.79 Å². The summed E-state index contributed by atoms with van der Waals surface area (Å²) >= 11 is 0. The number of aliphatic carboxylic acids is 1. The van der Waals surface area contributed by atoms with E-state index >= 15 is 0 Å². The predicted octanol–water partition coefficient (Wildman–Crippen LogP) is 2.59. The summed E-state index contributed by atoms with van der Waals surface area (Å²) in [5.41, 5.74) is 2.52. The summed E-state index contributed by atoms with van der Waals surface area (Å²) in [4.78, 5) is 13.8. The average Bonchev–Trinajstić information content (AvgIpc) is 2.70. The molecule has 0 bridgehead atoms. The van der Waals surface area contributed by atoms with Gasteiger partial charge in [-0.1, -0.05) is 0 Å². The van der Waals surface area contributed by atoms with Crippen LogP contribution in [0.2, 0.25) is 0 Å². The summed E-state index contributed by atoms with van der Waals surface area (Å²) in [6, 6.07) is 3.62. The van der Waals surface area contributed by atoms with Gasteiger partial charge < -0.3 is 19.6 Å². The van der Waals surface area contributed by atoms with Crippen LogP contribution in [-0.2, 0) is 4.79 Å². The van der Waals surface area contributed by atoms with Gasteiger partial charge in [0, 0.05) is 34.9 Å². The van der Waals surface area contributed by atoms with E-state index in [4.69, 9.17) is 14.6 Å². The molecule has 2 rings (SSSR count). The zero-order valence-electron chi connectivity index (χ0n) is 11.0. The van der Waals surface area contributed by atoms with Crippen molar-refractivity contribution in [3.63, 3.8) is 0 Å². The molecule has 5 heteroatoms. The van der Waals surface area contributed by atoms with Gasteiger partial charge in [0.2, 0.25) is 0 Å². The van der Waals surface area contributed by atoms with Crippen LogP contribution < -0.4 is 9.47 Å². The lowest BCUT2D eigenvalue weighted by molar-refractivity contribution is -0.131. The number of fused-ring (bicyclic) bond motifs is 1. The van der Waals surface area contributed by atoms with Gasteiger partial charge in [0.05, 0.1) is 19.7 Å². The van der Waals surface area contributed by atoms with Gasteiger partial charge in [0.15, 0.2) is 0 Å². The minimum absolute atomic E-state index is 0.642. The third-order valence-corrected chi connectivity index (χ3v) is 2.92. The predicted molar refractivity (Wildman–Crippen MR) is 72.8 cm³/mol. The number of aromatic amines is 1. The van der Waals surface area contributed by atoms with Gasteiger partial charge in [-0.2, -0.15) is 0 Å². The minimum atomic E-state index is -0.985. The summed E-state index contributed by atoms with van der Waals surface area (Å²) < 4.78 is 10.5. The molecule has 1 aromatic heterocycles. The number of nitrogens with one attached hydrogen (secondary N) is 1. The molecule has 0 atom stereocenters. The monoisotopic (exact) mass is 261 g/mol. The first-order valence-corrected chi connectivity index (χ1v) is 5.72. The number of rotatable bonds is 4. The highest BCUT2D eigenvalue weighted by Crippen LogP contribution is 2.35. The van der Waals surface area contributed by atoms with Crippen LogP contribution in [0.25, 0.3) is 17.0 Å². The SMILES string of the molecule is COc1cc(OC)c2c(/C=C/C(=O)O)c(C)[nH]c2c1. The third-order valence-electron chi connectivity index (χ3n) is 2.92. The average molecular weight is 261 g/mol. The van der Waals surface area contributed by atoms with E-state index in [1.165, 1.54) is 0 Å². The highest BCUT2D eigenvalue weighted by atomic mass is 16.5. The smallest absolute Gasteiger partial charge is 0.328 e. The number of carboxylic acid groups (broad SMARTS) is 1. The fourth-order valence-corrected chi connectivity index (χ4v) is 2.07. The van der Waals surface area contributed by atoms with Crippen molar-refractivity contribution < 1.29 is 19.4 Å². The molecule has 100 valence electrons. The van der Waals surface area contributed by atoms with E-state index in [9.17, 15) is 4.79 Å². The second-order valence-corrected chi connectivity index (χ2v) is 4.09. The standard InChI is InChI=1S/C14H15NO4/c1-8-10(4-5-13(16)17)14-11(15-8)6-9(18-2)7-12(14)19-3/h4-7,15H,1-3H3,(H,16,17)/b5-4+. The molecule has 0 saturated carbocycles. The summed E-state index contributed by atoms with van der Waals surface area (Å²) in [7, 11) is 3.16. The number of aromatic nitrogens is 1. The van der Waals surface area contributed by atoms with Crippen LogP contribution in [0.4, 0.5) is 0 Å². The largest absolute Gasteiger partial charge is 0.497 e. The van der Waals surface area contributed by atoms with Crippen molar-refractivity contribution in [3.05, 3.63) is 29.5 Å². The van der Waals surface area contributed by atoms with Crippen LogP contribution in [0.3, 0.4) is 0 Å². The molecule has 0 saturated heterocycles. The molecule has 0 fully saturated rings. The normalized spacial score (nSPS) is 11.1. The number of aryl methyl sites for hydroxylation is 1. The number of ether oxygens (including phenoxy) is 2. The van der Waals surface area contributed by atoms with Gasteiger partial charge in [0.1, 0.15) is 11.5 Å². The molecule has 1 aromatic carbocycles. The second-order valence-electron chi connectivity index (χ2n) is 4.09. The van der Waals surface area contributed by atoms with E-state index in [2.05, 4.69) is 4.98 Å². The highest BCUT2D eigenvalue weighted by molar-refractivity contribution is 5.98. The first kappa shape index (κ1) is 13.0. The number of benzene rings is 1. The van der Waals surface area contributed by atoms with Gasteiger partial charge in [-0.3, -0.25) is 0 Å². The number of carbonyl (C=O) groups is 1. The maximum atomic E-state index is 10.6. The lowest BCUT2D eigenvalue weighted by Gasteiger charge is -2.06. The molecule has 0 radical (unpaired) electrons. The van der Waals surface area contributed by atoms with Gasteiger partial charge in [0.25, 0.3) is 0 Å². The zero-order chi connectivity index (χ0) is 14.0. The molecule has 0 unspecified atom stereocenters. The Hall–Kier alpha value is -2.43. The lowest BCUT2D eigenvalue weighted by Crippen LogP contribution is -1.89. The number of H-pyrrole nitrogens is 1. The van der Waals surface area contributed by atoms with Crippen molar-refractivity contribution in [2.45, 2.75) is 6.92 Å². The van der Waals surface area contributed by atoms with Gasteiger partial charge >= 0.3 is 5.97 Å². The molecule has 2 N–H and O–H groups in total. The highest BCUT2D eigenvalue weighted by Gasteiger charge is 2.13. The van der Waals surface area contributed by atoms with Crippen LogP contribution in [0.1, 0.15) is 11.3 Å².